The zero-order valence-electron chi connectivity index (χ0n) is 13.5. The van der Waals surface area contributed by atoms with E-state index in [-0.39, 0.29) is 18.3 Å². The van der Waals surface area contributed by atoms with Crippen LogP contribution in [0, 0.1) is 5.92 Å². The fraction of sp³-hybridized carbons (Fsp3) is 0.867. The molecule has 0 bridgehead atoms. The third-order valence-electron chi connectivity index (χ3n) is 4.52. The average molecular weight is 504 g/mol. The third-order valence-corrected chi connectivity index (χ3v) is 7.54. The molecule has 2 atom stereocenters. The number of hydrogen-bond acceptors (Lipinski definition) is 2. The van der Waals surface area contributed by atoms with E-state index in [9.17, 15) is 0 Å². The Balaban J connectivity index is 2.90. The second-order valence-electron chi connectivity index (χ2n) is 6.78. The molecule has 5 heteroatoms. The van der Waals surface area contributed by atoms with Gasteiger partial charge in [-0.25, -0.2) is 0 Å². The van der Waals surface area contributed by atoms with Gasteiger partial charge in [-0.15, -0.1) is 0 Å². The lowest BCUT2D eigenvalue weighted by Gasteiger charge is -2.32. The van der Waals surface area contributed by atoms with Crippen molar-refractivity contribution in [2.24, 2.45) is 5.92 Å². The highest BCUT2D eigenvalue weighted by Gasteiger charge is 2.53. The fourth-order valence-corrected chi connectivity index (χ4v) is 2.95. The summed E-state index contributed by atoms with van der Waals surface area (Å²) in [6.45, 7) is 13.1. The molecule has 0 N–H and O–H groups in total. The Kier molecular flexibility index (Phi) is 7.35. The van der Waals surface area contributed by atoms with Crippen LogP contribution in [0.1, 0.15) is 54.4 Å². The lowest BCUT2D eigenvalue weighted by molar-refractivity contribution is 0.00578. The molecule has 1 aliphatic rings. The van der Waals surface area contributed by atoms with Crippen molar-refractivity contribution in [1.29, 1.82) is 0 Å². The van der Waals surface area contributed by atoms with Crippen molar-refractivity contribution in [3.8, 4) is 0 Å². The summed E-state index contributed by atoms with van der Waals surface area (Å²) in [6.07, 6.45) is 4.67. The number of halogens is 2. The quantitative estimate of drug-likeness (QED) is 0.265. The minimum absolute atomic E-state index is 0.123. The minimum atomic E-state index is -0.241. The summed E-state index contributed by atoms with van der Waals surface area (Å²) in [5, 5.41) is 0. The van der Waals surface area contributed by atoms with Crippen molar-refractivity contribution < 1.29 is 9.31 Å². The average Bonchev–Trinajstić information content (AvgIpc) is 2.57. The first-order chi connectivity index (χ1) is 9.13. The Labute approximate surface area is 152 Å². The van der Waals surface area contributed by atoms with Gasteiger partial charge in [-0.3, -0.25) is 0 Å². The first kappa shape index (κ1) is 19.2. The Bertz CT molecular complexity index is 340. The normalized spacial score (nSPS) is 24.8. The maximum absolute atomic E-state index is 6.24. The second-order valence-corrected chi connectivity index (χ2v) is 8.93. The molecule has 20 heavy (non-hydrogen) atoms. The Morgan fingerprint density at radius 2 is 1.70 bits per heavy atom. The monoisotopic (exact) mass is 504 g/mol. The van der Waals surface area contributed by atoms with E-state index >= 15 is 0 Å². The lowest BCUT2D eigenvalue weighted by Crippen LogP contribution is -2.41. The van der Waals surface area contributed by atoms with Gasteiger partial charge in [0.15, 0.2) is 0 Å². The van der Waals surface area contributed by atoms with Crippen LogP contribution in [0.15, 0.2) is 9.66 Å². The van der Waals surface area contributed by atoms with Crippen LogP contribution in [-0.4, -0.2) is 22.7 Å². The Morgan fingerprint density at radius 3 is 2.10 bits per heavy atom. The second kappa shape index (κ2) is 7.64. The van der Waals surface area contributed by atoms with Crippen molar-refractivity contribution in [3.05, 3.63) is 9.66 Å². The maximum atomic E-state index is 6.24. The molecular weight excluding hydrogens is 477 g/mol. The van der Waals surface area contributed by atoms with E-state index in [1.54, 1.807) is 0 Å². The van der Waals surface area contributed by atoms with Crippen LogP contribution < -0.4 is 0 Å². The lowest BCUT2D eigenvalue weighted by atomic mass is 9.67. The van der Waals surface area contributed by atoms with Crippen LogP contribution in [0.4, 0.5) is 0 Å². The minimum Gasteiger partial charge on any atom is -0.403 e. The van der Waals surface area contributed by atoms with Crippen molar-refractivity contribution in [2.75, 3.05) is 4.43 Å². The smallest absolute Gasteiger partial charge is 0.403 e. The van der Waals surface area contributed by atoms with Gasteiger partial charge in [0.1, 0.15) is 0 Å². The van der Waals surface area contributed by atoms with Gasteiger partial charge in [0.2, 0.25) is 0 Å². The van der Waals surface area contributed by atoms with Crippen molar-refractivity contribution in [3.63, 3.8) is 0 Å². The molecule has 0 aromatic carbocycles. The molecule has 0 amide bonds. The molecule has 0 radical (unpaired) electrons. The molecule has 1 fully saturated rings. The van der Waals surface area contributed by atoms with E-state index < -0.39 is 0 Å². The zero-order valence-corrected chi connectivity index (χ0v) is 17.8. The van der Waals surface area contributed by atoms with E-state index in [2.05, 4.69) is 92.8 Å². The van der Waals surface area contributed by atoms with Crippen LogP contribution >= 0.6 is 45.2 Å². The molecule has 0 aliphatic carbocycles. The van der Waals surface area contributed by atoms with Gasteiger partial charge in [-0.2, -0.15) is 0 Å². The van der Waals surface area contributed by atoms with Gasteiger partial charge in [0.05, 0.1) is 11.2 Å². The van der Waals surface area contributed by atoms with Gasteiger partial charge in [-0.05, 0) is 66.2 Å². The van der Waals surface area contributed by atoms with Crippen molar-refractivity contribution in [1.82, 2.24) is 0 Å². The summed E-state index contributed by atoms with van der Waals surface area (Å²) < 4.78 is 14.9. The number of rotatable bonds is 6. The first-order valence-electron chi connectivity index (χ1n) is 7.40. The summed E-state index contributed by atoms with van der Waals surface area (Å²) in [5.74, 6) is 1.03. The van der Waals surface area contributed by atoms with E-state index in [0.717, 1.165) is 10.8 Å². The maximum Gasteiger partial charge on any atom is 0.465 e. The van der Waals surface area contributed by atoms with E-state index in [1.807, 2.05) is 0 Å². The van der Waals surface area contributed by atoms with E-state index in [0.29, 0.717) is 11.7 Å². The van der Waals surface area contributed by atoms with Gasteiger partial charge in [0, 0.05) is 10.2 Å². The Hall–Kier alpha value is 1.18. The summed E-state index contributed by atoms with van der Waals surface area (Å²) in [4.78, 5) is 0. The van der Waals surface area contributed by atoms with Gasteiger partial charge < -0.3 is 9.31 Å². The van der Waals surface area contributed by atoms with Crippen molar-refractivity contribution in [2.45, 2.75) is 71.4 Å². The van der Waals surface area contributed by atoms with Crippen LogP contribution in [0.5, 0.6) is 0 Å². The fourth-order valence-electron chi connectivity index (χ4n) is 2.23. The molecule has 1 saturated heterocycles. The molecular formula is C15H27BI2O2. The van der Waals surface area contributed by atoms with Crippen LogP contribution in [0.2, 0.25) is 5.82 Å². The molecule has 0 saturated carbocycles. The van der Waals surface area contributed by atoms with Crippen LogP contribution in [0.25, 0.3) is 0 Å². The first-order valence-corrected chi connectivity index (χ1v) is 10.0. The molecule has 2 nitrogen and oxygen atoms in total. The molecule has 2 unspecified atom stereocenters. The summed E-state index contributed by atoms with van der Waals surface area (Å²) in [7, 11) is -0.123. The van der Waals surface area contributed by atoms with Crippen molar-refractivity contribution >= 4 is 52.3 Å². The number of alkyl halides is 1. The topological polar surface area (TPSA) is 18.5 Å². The molecule has 116 valence electrons. The molecule has 0 spiro atoms. The van der Waals surface area contributed by atoms with Gasteiger partial charge >= 0.3 is 7.12 Å². The third kappa shape index (κ3) is 4.85. The number of hydrogen-bond donors (Lipinski definition) is 0. The molecule has 1 aliphatic heterocycles. The van der Waals surface area contributed by atoms with E-state index in [1.165, 1.54) is 10.0 Å². The summed E-state index contributed by atoms with van der Waals surface area (Å²) in [5.41, 5.74) is -0.482. The van der Waals surface area contributed by atoms with E-state index in [4.69, 9.17) is 9.31 Å². The Morgan fingerprint density at radius 1 is 1.20 bits per heavy atom. The standard InChI is InChI=1S/C15H27BI2O2/c1-7-11(2)8-12(9-13(18)10-17)16-19-14(3,4)15(5,6)20-16/h9,11-12H,7-8,10H2,1-6H3/b13-9+. The molecule has 0 aromatic heterocycles. The summed E-state index contributed by atoms with van der Waals surface area (Å²) >= 11 is 4.84. The molecule has 0 aromatic rings. The summed E-state index contributed by atoms with van der Waals surface area (Å²) in [6, 6.07) is 0. The molecule has 1 rings (SSSR count). The zero-order chi connectivity index (χ0) is 15.6. The SMILES string of the molecule is CCC(C)CC(/C=C(/I)CI)B1OC(C)(C)C(C)(C)O1. The predicted molar refractivity (Wildman–Crippen MR) is 105 cm³/mol. The van der Waals surface area contributed by atoms with Crippen LogP contribution in [0.3, 0.4) is 0 Å². The highest BCUT2D eigenvalue weighted by molar-refractivity contribution is 14.1. The number of allylic oxidation sites excluding steroid dienone is 2. The highest BCUT2D eigenvalue weighted by atomic mass is 127. The molecule has 1 heterocycles. The van der Waals surface area contributed by atoms with Crippen LogP contribution in [-0.2, 0) is 9.31 Å². The highest BCUT2D eigenvalue weighted by Crippen LogP contribution is 2.42. The largest absolute Gasteiger partial charge is 0.465 e. The van der Waals surface area contributed by atoms with Gasteiger partial charge in [0.25, 0.3) is 0 Å². The van der Waals surface area contributed by atoms with Gasteiger partial charge in [-0.1, -0.05) is 48.9 Å². The predicted octanol–water partition coefficient (Wildman–Crippen LogP) is 5.64.